The third kappa shape index (κ3) is 14.0. The van der Waals surface area contributed by atoms with Crippen LogP contribution in [-0.4, -0.2) is 150 Å². The molecule has 84 heavy (non-hydrogen) atoms. The van der Waals surface area contributed by atoms with Crippen LogP contribution in [0.2, 0.25) is 5.02 Å². The average molecular weight is 1160 g/mol. The number of carbonyl (C=O) groups excluding carboxylic acids is 2. The van der Waals surface area contributed by atoms with E-state index in [0.717, 1.165) is 42.4 Å². The van der Waals surface area contributed by atoms with E-state index in [1.54, 1.807) is 64.7 Å². The second-order valence-electron chi connectivity index (χ2n) is 20.9. The number of aromatic nitrogens is 6. The molecule has 436 valence electrons. The zero-order valence-electron chi connectivity index (χ0n) is 48.5. The molecule has 0 bridgehead atoms. The maximum atomic E-state index is 12.4. The van der Waals surface area contributed by atoms with Gasteiger partial charge in [-0.1, -0.05) is 45.9 Å². The summed E-state index contributed by atoms with van der Waals surface area (Å²) < 4.78 is 34.0. The molecule has 2 fully saturated rings. The topological polar surface area (TPSA) is 274 Å². The quantitative estimate of drug-likeness (QED) is 0.0582. The van der Waals surface area contributed by atoms with Gasteiger partial charge >= 0.3 is 7.12 Å². The van der Waals surface area contributed by atoms with Gasteiger partial charge in [0.15, 0.2) is 34.0 Å². The van der Waals surface area contributed by atoms with Crippen molar-refractivity contribution in [3.8, 4) is 51.7 Å². The minimum atomic E-state index is -1.65. The van der Waals surface area contributed by atoms with Gasteiger partial charge in [0, 0.05) is 104 Å². The van der Waals surface area contributed by atoms with Gasteiger partial charge < -0.3 is 63.1 Å². The maximum Gasteiger partial charge on any atom is 0.533 e. The van der Waals surface area contributed by atoms with Crippen LogP contribution in [0.4, 0.5) is 17.2 Å². The summed E-state index contributed by atoms with van der Waals surface area (Å²) in [6.07, 6.45) is 10.1. The zero-order chi connectivity index (χ0) is 60.4. The van der Waals surface area contributed by atoms with E-state index in [0.29, 0.717) is 122 Å². The van der Waals surface area contributed by atoms with Gasteiger partial charge in [0.2, 0.25) is 0 Å². The van der Waals surface area contributed by atoms with Crippen molar-refractivity contribution in [3.05, 3.63) is 118 Å². The molecule has 8 aromatic rings. The van der Waals surface area contributed by atoms with Crippen molar-refractivity contribution in [2.24, 2.45) is 0 Å². The molecule has 8 aromatic heterocycles. The Bertz CT molecular complexity index is 3750. The molecule has 0 radical (unpaired) electrons. The second kappa shape index (κ2) is 27.6. The summed E-state index contributed by atoms with van der Waals surface area (Å²) in [5, 5.41) is 35.2. The molecule has 0 atom stereocenters. The number of methoxy groups -OCH3 is 2. The van der Waals surface area contributed by atoms with Gasteiger partial charge in [-0.2, -0.15) is 5.26 Å². The van der Waals surface area contributed by atoms with Crippen molar-refractivity contribution in [2.75, 3.05) is 79.5 Å². The Morgan fingerprint density at radius 3 is 1.68 bits per heavy atom. The van der Waals surface area contributed by atoms with Crippen molar-refractivity contribution in [2.45, 2.75) is 77.3 Å². The molecule has 0 unspecified atom stereocenters. The van der Waals surface area contributed by atoms with Crippen molar-refractivity contribution in [3.63, 3.8) is 0 Å². The molecular formula is C60H66BClN12O10. The van der Waals surface area contributed by atoms with E-state index < -0.39 is 7.12 Å². The number of amides is 2. The molecule has 2 amide bonds. The van der Waals surface area contributed by atoms with Crippen LogP contribution in [0, 0.1) is 17.9 Å². The lowest BCUT2D eigenvalue weighted by atomic mass is 9.85. The van der Waals surface area contributed by atoms with Crippen molar-refractivity contribution < 1.29 is 47.4 Å². The summed E-state index contributed by atoms with van der Waals surface area (Å²) in [4.78, 5) is 57.5. The summed E-state index contributed by atoms with van der Waals surface area (Å²) in [6.45, 7) is 18.1. The van der Waals surface area contributed by atoms with E-state index in [4.69, 9.17) is 61.0 Å². The predicted molar refractivity (Wildman–Crippen MR) is 320 cm³/mol. The Balaban J connectivity index is 0.000000179. The lowest BCUT2D eigenvalue weighted by Crippen LogP contribution is -2.33. The van der Waals surface area contributed by atoms with Crippen LogP contribution < -0.4 is 25.7 Å². The smallest absolute Gasteiger partial charge is 0.494 e. The molecule has 24 heteroatoms. The molecule has 10 rings (SSSR count). The van der Waals surface area contributed by atoms with Crippen molar-refractivity contribution >= 4 is 75.5 Å². The molecule has 2 aliphatic rings. The highest BCUT2D eigenvalue weighted by Crippen LogP contribution is 2.41. The zero-order valence-corrected chi connectivity index (χ0v) is 49.2. The van der Waals surface area contributed by atoms with Gasteiger partial charge in [0.05, 0.1) is 53.0 Å². The number of hydrogen-bond acceptors (Lipinski definition) is 19. The fourth-order valence-corrected chi connectivity index (χ4v) is 9.74. The highest BCUT2D eigenvalue weighted by Gasteiger charge is 2.26. The molecule has 2 saturated heterocycles. The number of nitriles is 1. The van der Waals surface area contributed by atoms with E-state index in [1.165, 1.54) is 42.5 Å². The predicted octanol–water partition coefficient (Wildman–Crippen LogP) is 9.53. The molecule has 0 aliphatic carbocycles. The third-order valence-electron chi connectivity index (χ3n) is 13.9. The fourth-order valence-electron chi connectivity index (χ4n) is 9.34. The Morgan fingerprint density at radius 2 is 1.20 bits per heavy atom. The van der Waals surface area contributed by atoms with Crippen LogP contribution in [0.1, 0.15) is 103 Å². The molecule has 2 aliphatic heterocycles. The largest absolute Gasteiger partial charge is 0.533 e. The number of ether oxygens (including phenoxy) is 4. The number of rotatable bonds is 14. The summed E-state index contributed by atoms with van der Waals surface area (Å²) >= 11 is 6.48. The number of nitrogens with one attached hydrogen (secondary N) is 2. The van der Waals surface area contributed by atoms with Crippen LogP contribution in [-0.2, 0) is 9.47 Å². The van der Waals surface area contributed by atoms with Gasteiger partial charge in [-0.3, -0.25) is 19.6 Å². The summed E-state index contributed by atoms with van der Waals surface area (Å²) in [5.74, 6) is 1.96. The van der Waals surface area contributed by atoms with Crippen LogP contribution in [0.25, 0.3) is 61.2 Å². The van der Waals surface area contributed by atoms with Crippen molar-refractivity contribution in [1.82, 2.24) is 39.7 Å². The van der Waals surface area contributed by atoms with E-state index >= 15 is 0 Å². The van der Waals surface area contributed by atoms with Gasteiger partial charge in [0.25, 0.3) is 17.6 Å². The number of carbonyl (C=O) groups is 2. The van der Waals surface area contributed by atoms with Gasteiger partial charge in [-0.05, 0) is 85.0 Å². The van der Waals surface area contributed by atoms with E-state index in [1.807, 2.05) is 32.2 Å². The minimum absolute atomic E-state index is 0.0820. The standard InChI is InChI=1S/C30H32N6O4.C19H20ClN3O3.C11H14BN3O3/c1-17(2)20-16-32-23-13-26(28-25(38-5)12-18(15-33-28)30(37)36(3)4)40-29(23)27(20)22-7-6-21(24(14-31)35-22)34-19-8-10-39-11-9-19;1-10(2)12-9-21-13-7-15(26-18(13)16(12)20)17-14(25-5)6-11(8-22-17)19(24)23(3)4;1-13-11-9(2-3-10(15-11)12(16)17)14-8-4-6-18-7-5-8/h6-7,12-13,15-17,19,34H,8-11H2,1-5H3;6-10H,1-5H3;2-3,8,14,16-17H,4-7H2. The summed E-state index contributed by atoms with van der Waals surface area (Å²) in [6, 6.07) is 16.6. The highest BCUT2D eigenvalue weighted by molar-refractivity contribution is 6.57. The van der Waals surface area contributed by atoms with Crippen LogP contribution in [0.3, 0.4) is 0 Å². The van der Waals surface area contributed by atoms with Gasteiger partial charge in [0.1, 0.15) is 40.0 Å². The fraction of sp³-hybridized carbons (Fsp3) is 0.367. The number of anilines is 2. The molecule has 4 N–H and O–H groups in total. The van der Waals surface area contributed by atoms with Crippen molar-refractivity contribution in [1.29, 1.82) is 5.26 Å². The lowest BCUT2D eigenvalue weighted by Gasteiger charge is -2.24. The molecule has 22 nitrogen and oxygen atoms in total. The number of hydrogen-bond donors (Lipinski definition) is 4. The number of furan rings is 2. The molecule has 10 heterocycles. The first-order valence-corrected chi connectivity index (χ1v) is 27.6. The number of nitrogens with zero attached hydrogens (tertiary/aromatic N) is 10. The Hall–Kier alpha value is -8.71. The average Bonchev–Trinajstić information content (AvgIpc) is 3.22. The first kappa shape index (κ1) is 61.4. The van der Waals surface area contributed by atoms with Gasteiger partial charge in [-0.15, -0.1) is 4.98 Å². The van der Waals surface area contributed by atoms with E-state index in [9.17, 15) is 14.9 Å². The number of pyridine rings is 6. The lowest BCUT2D eigenvalue weighted by molar-refractivity contribution is 0.0819. The Labute approximate surface area is 492 Å². The molecule has 0 spiro atoms. The maximum absolute atomic E-state index is 12.4. The SMILES string of the molecule is COc1cc(C(=O)N(C)C)cnc1-c1cc2ncc(C(C)C)c(-c3ccc(NC4CCOCC4)c(C#N)n3)c2o1.COc1cc(C(=O)N(C)C)cnc1-c1cc2ncc(C(C)C)c(Cl)c2o1.[C-]#[N+]c1nc(B(O)O)ccc1NC1CCOCC1. The van der Waals surface area contributed by atoms with Crippen LogP contribution >= 0.6 is 11.6 Å². The first-order chi connectivity index (χ1) is 40.3. The Kier molecular flexibility index (Phi) is 20.1. The van der Waals surface area contributed by atoms with E-state index in [-0.39, 0.29) is 47.1 Å². The molecule has 0 saturated carbocycles. The monoisotopic (exact) mass is 1160 g/mol. The number of halogens is 1. The first-order valence-electron chi connectivity index (χ1n) is 27.2. The normalized spacial score (nSPS) is 13.5. The van der Waals surface area contributed by atoms with Crippen LogP contribution in [0.5, 0.6) is 11.5 Å². The van der Waals surface area contributed by atoms with Gasteiger partial charge in [-0.25, -0.2) is 15.0 Å². The van der Waals surface area contributed by atoms with E-state index in [2.05, 4.69) is 60.3 Å². The Morgan fingerprint density at radius 1 is 0.714 bits per heavy atom. The number of fused-ring (bicyclic) bond motifs is 2. The summed E-state index contributed by atoms with van der Waals surface area (Å²) in [7, 11) is 8.13. The third-order valence-corrected chi connectivity index (χ3v) is 14.3. The molecular weight excluding hydrogens is 1090 g/mol. The highest BCUT2D eigenvalue weighted by atomic mass is 35.5. The molecule has 0 aromatic carbocycles. The van der Waals surface area contributed by atoms with Crippen LogP contribution in [0.15, 0.2) is 82.2 Å². The summed E-state index contributed by atoms with van der Waals surface area (Å²) in [5.41, 5.74) is 9.11. The minimum Gasteiger partial charge on any atom is -0.494 e. The second-order valence-corrected chi connectivity index (χ2v) is 21.3.